The largest absolute Gasteiger partial charge is 0.389 e. The first-order chi connectivity index (χ1) is 7.40. The van der Waals surface area contributed by atoms with E-state index < -0.39 is 11.9 Å². The van der Waals surface area contributed by atoms with E-state index >= 15 is 0 Å². The lowest BCUT2D eigenvalue weighted by molar-refractivity contribution is -0.118. The molecule has 1 unspecified atom stereocenters. The van der Waals surface area contributed by atoms with Crippen LogP contribution in [0.5, 0.6) is 0 Å². The number of primary amides is 1. The molecule has 0 saturated carbocycles. The number of hydrogen-bond donors (Lipinski definition) is 3. The average Bonchev–Trinajstić information content (AvgIpc) is 2.16. The number of carbonyl (C=O) groups is 1. The summed E-state index contributed by atoms with van der Waals surface area (Å²) >= 11 is 4.88. The van der Waals surface area contributed by atoms with Crippen LogP contribution >= 0.6 is 12.2 Å². The normalized spacial score (nSPS) is 11.9. The number of thiocarbonyl (C=S) groups is 1. The van der Waals surface area contributed by atoms with Crippen molar-refractivity contribution in [2.24, 2.45) is 11.5 Å². The number of carbonyl (C=O) groups excluding carboxylic acids is 1. The smallest absolute Gasteiger partial charge is 0.239 e. The molecular formula is C10H14N4OS. The van der Waals surface area contributed by atoms with Crippen molar-refractivity contribution in [3.8, 4) is 0 Å². The van der Waals surface area contributed by atoms with Gasteiger partial charge in [0.1, 0.15) is 16.8 Å². The van der Waals surface area contributed by atoms with Crippen LogP contribution in [0.4, 0.5) is 5.82 Å². The Kier molecular flexibility index (Phi) is 3.78. The topological polar surface area (TPSA) is 94.0 Å². The SMILES string of the molecule is Cc1cc(C(N)=S)cc(NC(C)C(N)=O)n1. The monoisotopic (exact) mass is 238 g/mol. The fourth-order valence-corrected chi connectivity index (χ4v) is 1.30. The molecule has 0 aliphatic heterocycles. The minimum absolute atomic E-state index is 0.292. The maximum Gasteiger partial charge on any atom is 0.239 e. The van der Waals surface area contributed by atoms with E-state index in [1.54, 1.807) is 19.1 Å². The van der Waals surface area contributed by atoms with Crippen molar-refractivity contribution in [2.45, 2.75) is 19.9 Å². The maximum absolute atomic E-state index is 10.9. The summed E-state index contributed by atoms with van der Waals surface area (Å²) in [7, 11) is 0. The molecule has 1 heterocycles. The summed E-state index contributed by atoms with van der Waals surface area (Å²) in [5, 5.41) is 2.88. The number of aromatic nitrogens is 1. The Morgan fingerprint density at radius 3 is 2.62 bits per heavy atom. The summed E-state index contributed by atoms with van der Waals surface area (Å²) in [5.41, 5.74) is 12.1. The summed E-state index contributed by atoms with van der Waals surface area (Å²) in [6.07, 6.45) is 0. The predicted octanol–water partition coefficient (Wildman–Crippen LogP) is 0.310. The molecule has 0 bridgehead atoms. The molecule has 5 N–H and O–H groups in total. The lowest BCUT2D eigenvalue weighted by Crippen LogP contribution is -2.32. The van der Waals surface area contributed by atoms with E-state index in [4.69, 9.17) is 23.7 Å². The second-order valence-electron chi connectivity index (χ2n) is 3.52. The molecule has 0 saturated heterocycles. The zero-order chi connectivity index (χ0) is 12.3. The molecule has 0 spiro atoms. The van der Waals surface area contributed by atoms with Gasteiger partial charge in [-0.1, -0.05) is 12.2 Å². The van der Waals surface area contributed by atoms with E-state index in [2.05, 4.69) is 10.3 Å². The van der Waals surface area contributed by atoms with Gasteiger partial charge < -0.3 is 16.8 Å². The van der Waals surface area contributed by atoms with Crippen LogP contribution in [-0.2, 0) is 4.79 Å². The van der Waals surface area contributed by atoms with Crippen LogP contribution in [0.25, 0.3) is 0 Å². The van der Waals surface area contributed by atoms with Crippen molar-refractivity contribution in [1.29, 1.82) is 0 Å². The van der Waals surface area contributed by atoms with E-state index in [0.29, 0.717) is 16.4 Å². The summed E-state index contributed by atoms with van der Waals surface area (Å²) in [6.45, 7) is 3.48. The van der Waals surface area contributed by atoms with Crippen molar-refractivity contribution < 1.29 is 4.79 Å². The van der Waals surface area contributed by atoms with Crippen LogP contribution in [-0.4, -0.2) is 21.9 Å². The summed E-state index contributed by atoms with van der Waals surface area (Å²) < 4.78 is 0. The Morgan fingerprint density at radius 2 is 2.12 bits per heavy atom. The second kappa shape index (κ2) is 4.89. The van der Waals surface area contributed by atoms with Crippen molar-refractivity contribution in [3.63, 3.8) is 0 Å². The van der Waals surface area contributed by atoms with Crippen LogP contribution in [0, 0.1) is 6.92 Å². The molecule has 5 nitrogen and oxygen atoms in total. The molecule has 0 aromatic carbocycles. The lowest BCUT2D eigenvalue weighted by atomic mass is 10.2. The van der Waals surface area contributed by atoms with Gasteiger partial charge in [-0.15, -0.1) is 0 Å². The molecule has 6 heteroatoms. The first-order valence-corrected chi connectivity index (χ1v) is 5.15. The lowest BCUT2D eigenvalue weighted by Gasteiger charge is -2.12. The van der Waals surface area contributed by atoms with Gasteiger partial charge in [-0.25, -0.2) is 4.98 Å². The summed E-state index contributed by atoms with van der Waals surface area (Å²) in [5.74, 6) is 0.0919. The van der Waals surface area contributed by atoms with Crippen molar-refractivity contribution in [3.05, 3.63) is 23.4 Å². The Bertz CT molecular complexity index is 433. The van der Waals surface area contributed by atoms with Crippen LogP contribution in [0.3, 0.4) is 0 Å². The molecule has 1 amide bonds. The van der Waals surface area contributed by atoms with Gasteiger partial charge in [-0.05, 0) is 26.0 Å². The molecule has 1 aromatic heterocycles. The molecule has 0 aliphatic carbocycles. The molecule has 0 fully saturated rings. The Morgan fingerprint density at radius 1 is 1.50 bits per heavy atom. The first-order valence-electron chi connectivity index (χ1n) is 4.74. The van der Waals surface area contributed by atoms with Crippen LogP contribution in [0.2, 0.25) is 0 Å². The molecular weight excluding hydrogens is 224 g/mol. The van der Waals surface area contributed by atoms with E-state index in [9.17, 15) is 4.79 Å². The van der Waals surface area contributed by atoms with Crippen molar-refractivity contribution in [2.75, 3.05) is 5.32 Å². The molecule has 0 radical (unpaired) electrons. The van der Waals surface area contributed by atoms with E-state index in [-0.39, 0.29) is 0 Å². The van der Waals surface area contributed by atoms with E-state index in [1.807, 2.05) is 6.92 Å². The molecule has 1 rings (SSSR count). The van der Waals surface area contributed by atoms with Gasteiger partial charge in [-0.3, -0.25) is 4.79 Å². The predicted molar refractivity (Wildman–Crippen MR) is 67.1 cm³/mol. The fraction of sp³-hybridized carbons (Fsp3) is 0.300. The third kappa shape index (κ3) is 3.16. The van der Waals surface area contributed by atoms with Gasteiger partial charge in [0.15, 0.2) is 0 Å². The summed E-state index contributed by atoms with van der Waals surface area (Å²) in [4.78, 5) is 15.4. The number of aryl methyl sites for hydroxylation is 1. The maximum atomic E-state index is 10.9. The highest BCUT2D eigenvalue weighted by molar-refractivity contribution is 7.80. The number of amides is 1. The highest BCUT2D eigenvalue weighted by Crippen LogP contribution is 2.11. The number of nitrogens with one attached hydrogen (secondary N) is 1. The third-order valence-corrected chi connectivity index (χ3v) is 2.26. The summed E-state index contributed by atoms with van der Waals surface area (Å²) in [6, 6.07) is 2.98. The van der Waals surface area contributed by atoms with Crippen LogP contribution in [0.1, 0.15) is 18.2 Å². The van der Waals surface area contributed by atoms with E-state index in [0.717, 1.165) is 5.69 Å². The zero-order valence-electron chi connectivity index (χ0n) is 9.15. The van der Waals surface area contributed by atoms with Crippen molar-refractivity contribution in [1.82, 2.24) is 4.98 Å². The second-order valence-corrected chi connectivity index (χ2v) is 3.95. The number of anilines is 1. The quantitative estimate of drug-likeness (QED) is 0.656. The highest BCUT2D eigenvalue weighted by Gasteiger charge is 2.10. The number of nitrogens with zero attached hydrogens (tertiary/aromatic N) is 1. The van der Waals surface area contributed by atoms with Gasteiger partial charge in [0, 0.05) is 11.3 Å². The van der Waals surface area contributed by atoms with Crippen LogP contribution < -0.4 is 16.8 Å². The number of hydrogen-bond acceptors (Lipinski definition) is 4. The number of rotatable bonds is 4. The van der Waals surface area contributed by atoms with Gasteiger partial charge >= 0.3 is 0 Å². The Labute approximate surface area is 99.2 Å². The Hall–Kier alpha value is -1.69. The molecule has 86 valence electrons. The average molecular weight is 238 g/mol. The zero-order valence-corrected chi connectivity index (χ0v) is 9.97. The molecule has 0 aliphatic rings. The van der Waals surface area contributed by atoms with Gasteiger partial charge in [-0.2, -0.15) is 0 Å². The molecule has 16 heavy (non-hydrogen) atoms. The van der Waals surface area contributed by atoms with Gasteiger partial charge in [0.25, 0.3) is 0 Å². The third-order valence-electron chi connectivity index (χ3n) is 2.03. The van der Waals surface area contributed by atoms with Gasteiger partial charge in [0.05, 0.1) is 0 Å². The van der Waals surface area contributed by atoms with Crippen molar-refractivity contribution >= 4 is 28.9 Å². The standard InChI is InChI=1S/C10H14N4OS/c1-5-3-7(10(12)16)4-8(13-5)14-6(2)9(11)15/h3-4,6H,1-2H3,(H2,11,15)(H2,12,16)(H,13,14). The number of nitrogens with two attached hydrogens (primary N) is 2. The highest BCUT2D eigenvalue weighted by atomic mass is 32.1. The minimum Gasteiger partial charge on any atom is -0.389 e. The Balaban J connectivity index is 2.97. The minimum atomic E-state index is -0.492. The van der Waals surface area contributed by atoms with E-state index in [1.165, 1.54) is 0 Å². The van der Waals surface area contributed by atoms with Crippen LogP contribution in [0.15, 0.2) is 12.1 Å². The molecule has 1 aromatic rings. The molecule has 1 atom stereocenters. The first kappa shape index (κ1) is 12.4. The van der Waals surface area contributed by atoms with Gasteiger partial charge in [0.2, 0.25) is 5.91 Å². The fourth-order valence-electron chi connectivity index (χ4n) is 1.18. The number of pyridine rings is 1.